The van der Waals surface area contributed by atoms with E-state index in [9.17, 15) is 0 Å². The molecule has 0 radical (unpaired) electrons. The molecule has 7 nitrogen and oxygen atoms in total. The Labute approximate surface area is 145 Å². The summed E-state index contributed by atoms with van der Waals surface area (Å²) in [5.74, 6) is 3.31. The first-order valence-electron chi connectivity index (χ1n) is 8.79. The van der Waals surface area contributed by atoms with Crippen LogP contribution in [0.4, 0.5) is 5.82 Å². The van der Waals surface area contributed by atoms with Gasteiger partial charge in [0.25, 0.3) is 0 Å². The Morgan fingerprint density at radius 2 is 1.80 bits per heavy atom. The highest BCUT2D eigenvalue weighted by molar-refractivity contribution is 5.87. The molecule has 0 aromatic carbocycles. The predicted molar refractivity (Wildman–Crippen MR) is 94.5 cm³/mol. The van der Waals surface area contributed by atoms with Crippen LogP contribution in [-0.2, 0) is 11.8 Å². The smallest absolute Gasteiger partial charge is 0.166 e. The Bertz CT molecular complexity index is 912. The Morgan fingerprint density at radius 1 is 1.04 bits per heavy atom. The summed E-state index contributed by atoms with van der Waals surface area (Å²) in [6, 6.07) is 3.95. The van der Waals surface area contributed by atoms with Crippen LogP contribution >= 0.6 is 0 Å². The van der Waals surface area contributed by atoms with Crippen LogP contribution in [0.5, 0.6) is 0 Å². The molecule has 1 saturated carbocycles. The third-order valence-corrected chi connectivity index (χ3v) is 4.91. The summed E-state index contributed by atoms with van der Waals surface area (Å²) in [6.45, 7) is 3.15. The fourth-order valence-corrected chi connectivity index (χ4v) is 3.34. The second kappa shape index (κ2) is 5.77. The first-order valence-corrected chi connectivity index (χ1v) is 8.79. The van der Waals surface area contributed by atoms with Crippen molar-refractivity contribution in [2.45, 2.75) is 18.8 Å². The lowest BCUT2D eigenvalue weighted by atomic mass is 10.2. The lowest BCUT2D eigenvalue weighted by Gasteiger charge is -2.28. The van der Waals surface area contributed by atoms with E-state index in [1.54, 1.807) is 12.4 Å². The number of ether oxygens (including phenoxy) is 1. The normalized spacial score (nSPS) is 18.0. The number of morpholine rings is 1. The van der Waals surface area contributed by atoms with Crippen LogP contribution in [0.2, 0.25) is 0 Å². The Hall–Kier alpha value is -2.54. The predicted octanol–water partition coefficient (Wildman–Crippen LogP) is 2.14. The molecule has 0 bridgehead atoms. The molecule has 3 aromatic heterocycles. The molecule has 0 unspecified atom stereocenters. The number of hydrogen-bond acceptors (Lipinski definition) is 6. The van der Waals surface area contributed by atoms with Crippen molar-refractivity contribution in [1.82, 2.24) is 24.5 Å². The van der Waals surface area contributed by atoms with E-state index < -0.39 is 0 Å². The molecule has 0 atom stereocenters. The SMILES string of the molecule is Cn1c(-c2ccncc2)nc2c(N3CCOCC3)nc(C3CC3)nc21. The highest BCUT2D eigenvalue weighted by Gasteiger charge is 2.30. The van der Waals surface area contributed by atoms with Gasteiger partial charge in [-0.1, -0.05) is 0 Å². The molecule has 2 fully saturated rings. The van der Waals surface area contributed by atoms with Crippen molar-refractivity contribution in [3.8, 4) is 11.4 Å². The lowest BCUT2D eigenvalue weighted by molar-refractivity contribution is 0.122. The molecular weight excluding hydrogens is 316 g/mol. The fourth-order valence-electron chi connectivity index (χ4n) is 3.34. The first kappa shape index (κ1) is 14.8. The molecule has 25 heavy (non-hydrogen) atoms. The number of anilines is 1. The van der Waals surface area contributed by atoms with Gasteiger partial charge in [0, 0.05) is 44.0 Å². The zero-order chi connectivity index (χ0) is 16.8. The Kier molecular flexibility index (Phi) is 3.41. The number of rotatable bonds is 3. The molecule has 128 valence electrons. The summed E-state index contributed by atoms with van der Waals surface area (Å²) in [4.78, 5) is 21.1. The first-order chi connectivity index (χ1) is 12.3. The average Bonchev–Trinajstić information content (AvgIpc) is 3.47. The van der Waals surface area contributed by atoms with Crippen molar-refractivity contribution in [2.24, 2.45) is 7.05 Å². The molecule has 3 aromatic rings. The molecule has 5 rings (SSSR count). The number of aromatic nitrogens is 5. The fraction of sp³-hybridized carbons (Fsp3) is 0.444. The lowest BCUT2D eigenvalue weighted by Crippen LogP contribution is -2.37. The topological polar surface area (TPSA) is 69.0 Å². The molecule has 1 aliphatic carbocycles. The van der Waals surface area contributed by atoms with Crippen LogP contribution in [0.1, 0.15) is 24.6 Å². The number of hydrogen-bond donors (Lipinski definition) is 0. The second-order valence-corrected chi connectivity index (χ2v) is 6.68. The van der Waals surface area contributed by atoms with Gasteiger partial charge in [-0.3, -0.25) is 4.98 Å². The molecule has 0 N–H and O–H groups in total. The van der Waals surface area contributed by atoms with Gasteiger partial charge in [-0.15, -0.1) is 0 Å². The molecule has 1 aliphatic heterocycles. The molecular formula is C18H20N6O. The molecule has 2 aliphatic rings. The zero-order valence-electron chi connectivity index (χ0n) is 14.2. The quantitative estimate of drug-likeness (QED) is 0.730. The number of nitrogens with zero attached hydrogens (tertiary/aromatic N) is 6. The third kappa shape index (κ3) is 2.55. The van der Waals surface area contributed by atoms with Crippen LogP contribution in [-0.4, -0.2) is 50.8 Å². The summed E-state index contributed by atoms with van der Waals surface area (Å²) >= 11 is 0. The summed E-state index contributed by atoms with van der Waals surface area (Å²) in [5.41, 5.74) is 2.82. The van der Waals surface area contributed by atoms with E-state index in [-0.39, 0.29) is 0 Å². The van der Waals surface area contributed by atoms with Crippen molar-refractivity contribution in [1.29, 1.82) is 0 Å². The van der Waals surface area contributed by atoms with E-state index in [1.165, 1.54) is 12.8 Å². The standard InChI is InChI=1S/C18H20N6O/c1-23-16(13-4-6-19-7-5-13)20-14-17(23)21-15(12-2-3-12)22-18(14)24-8-10-25-11-9-24/h4-7,12H,2-3,8-11H2,1H3. The van der Waals surface area contributed by atoms with Crippen LogP contribution in [0.25, 0.3) is 22.6 Å². The van der Waals surface area contributed by atoms with Crippen molar-refractivity contribution < 1.29 is 4.74 Å². The van der Waals surface area contributed by atoms with Crippen LogP contribution in [0.3, 0.4) is 0 Å². The van der Waals surface area contributed by atoms with Gasteiger partial charge in [-0.05, 0) is 25.0 Å². The van der Waals surface area contributed by atoms with Gasteiger partial charge in [0.2, 0.25) is 0 Å². The second-order valence-electron chi connectivity index (χ2n) is 6.68. The maximum Gasteiger partial charge on any atom is 0.166 e. The van der Waals surface area contributed by atoms with Gasteiger partial charge in [-0.2, -0.15) is 0 Å². The Balaban J connectivity index is 1.71. The number of imidazole rings is 1. The monoisotopic (exact) mass is 336 g/mol. The molecule has 7 heteroatoms. The maximum absolute atomic E-state index is 5.50. The van der Waals surface area contributed by atoms with Gasteiger partial charge in [0.05, 0.1) is 13.2 Å². The van der Waals surface area contributed by atoms with E-state index in [0.717, 1.165) is 60.5 Å². The zero-order valence-corrected chi connectivity index (χ0v) is 14.2. The minimum atomic E-state index is 0.503. The summed E-state index contributed by atoms with van der Waals surface area (Å²) in [7, 11) is 2.03. The van der Waals surface area contributed by atoms with Crippen molar-refractivity contribution in [3.63, 3.8) is 0 Å². The van der Waals surface area contributed by atoms with Gasteiger partial charge >= 0.3 is 0 Å². The van der Waals surface area contributed by atoms with Gasteiger partial charge in [0.1, 0.15) is 11.6 Å². The minimum Gasteiger partial charge on any atom is -0.378 e. The Morgan fingerprint density at radius 3 is 2.52 bits per heavy atom. The number of fused-ring (bicyclic) bond motifs is 1. The van der Waals surface area contributed by atoms with E-state index in [0.29, 0.717) is 5.92 Å². The van der Waals surface area contributed by atoms with Crippen LogP contribution < -0.4 is 4.90 Å². The van der Waals surface area contributed by atoms with Crippen molar-refractivity contribution >= 4 is 17.0 Å². The van der Waals surface area contributed by atoms with Gasteiger partial charge < -0.3 is 14.2 Å². The summed E-state index contributed by atoms with van der Waals surface area (Å²) in [6.07, 6.45) is 5.95. The van der Waals surface area contributed by atoms with E-state index in [1.807, 2.05) is 19.2 Å². The molecule has 0 amide bonds. The number of aryl methyl sites for hydroxylation is 1. The van der Waals surface area contributed by atoms with Crippen molar-refractivity contribution in [2.75, 3.05) is 31.2 Å². The number of pyridine rings is 1. The van der Waals surface area contributed by atoms with Gasteiger partial charge in [-0.25, -0.2) is 15.0 Å². The largest absolute Gasteiger partial charge is 0.378 e. The third-order valence-electron chi connectivity index (χ3n) is 4.91. The minimum absolute atomic E-state index is 0.503. The van der Waals surface area contributed by atoms with E-state index in [2.05, 4.69) is 14.5 Å². The average molecular weight is 336 g/mol. The highest BCUT2D eigenvalue weighted by Crippen LogP contribution is 2.40. The van der Waals surface area contributed by atoms with E-state index >= 15 is 0 Å². The summed E-state index contributed by atoms with van der Waals surface area (Å²) in [5, 5.41) is 0. The van der Waals surface area contributed by atoms with Gasteiger partial charge in [0.15, 0.2) is 17.0 Å². The van der Waals surface area contributed by atoms with Crippen molar-refractivity contribution in [3.05, 3.63) is 30.4 Å². The molecule has 4 heterocycles. The molecule has 0 spiro atoms. The van der Waals surface area contributed by atoms with Crippen LogP contribution in [0.15, 0.2) is 24.5 Å². The van der Waals surface area contributed by atoms with Crippen LogP contribution in [0, 0.1) is 0 Å². The maximum atomic E-state index is 5.50. The molecule has 1 saturated heterocycles. The highest BCUT2D eigenvalue weighted by atomic mass is 16.5. The van der Waals surface area contributed by atoms with E-state index in [4.69, 9.17) is 19.7 Å². The summed E-state index contributed by atoms with van der Waals surface area (Å²) < 4.78 is 7.58.